The standard InChI is InChI=1S/C24H18F5N5O/c1-32-21(11-8-14(25)18(27)15(26)9-11)13-10-12-5-6-16(19(13)31-32)34(12)24(35)22-20(23(28)29)30-17-4-2-3-7-33(17)22/h2-4,7-9,12,16,23H,5-6,10H2,1H3. The van der Waals surface area contributed by atoms with E-state index in [-0.39, 0.29) is 22.9 Å². The van der Waals surface area contributed by atoms with Gasteiger partial charge in [-0.25, -0.2) is 26.9 Å². The van der Waals surface area contributed by atoms with Gasteiger partial charge in [-0.2, -0.15) is 5.10 Å². The summed E-state index contributed by atoms with van der Waals surface area (Å²) in [5.74, 6) is -4.73. The van der Waals surface area contributed by atoms with Crippen LogP contribution in [0.4, 0.5) is 22.0 Å². The fourth-order valence-corrected chi connectivity index (χ4v) is 5.51. The molecule has 1 saturated heterocycles. The maximum Gasteiger partial charge on any atom is 0.282 e. The molecule has 0 spiro atoms. The number of carbonyl (C=O) groups excluding carboxylic acids is 1. The molecule has 1 amide bonds. The second-order valence-corrected chi connectivity index (χ2v) is 8.83. The quantitative estimate of drug-likeness (QED) is 0.302. The zero-order chi connectivity index (χ0) is 24.6. The average molecular weight is 487 g/mol. The predicted octanol–water partition coefficient (Wildman–Crippen LogP) is 4.99. The van der Waals surface area contributed by atoms with Crippen molar-refractivity contribution in [1.29, 1.82) is 0 Å². The van der Waals surface area contributed by atoms with Crippen molar-refractivity contribution in [2.75, 3.05) is 0 Å². The number of imidazole rings is 1. The van der Waals surface area contributed by atoms with Crippen LogP contribution in [0.5, 0.6) is 0 Å². The van der Waals surface area contributed by atoms with Crippen molar-refractivity contribution in [2.45, 2.75) is 37.8 Å². The first-order valence-corrected chi connectivity index (χ1v) is 11.0. The van der Waals surface area contributed by atoms with Crippen molar-refractivity contribution >= 4 is 11.6 Å². The number of aryl methyl sites for hydroxylation is 1. The molecule has 5 heterocycles. The third-order valence-corrected chi connectivity index (χ3v) is 6.89. The molecule has 35 heavy (non-hydrogen) atoms. The number of carbonyl (C=O) groups is 1. The Bertz CT molecular complexity index is 1490. The van der Waals surface area contributed by atoms with Crippen LogP contribution in [0.15, 0.2) is 36.5 Å². The van der Waals surface area contributed by atoms with Crippen LogP contribution < -0.4 is 0 Å². The molecule has 11 heteroatoms. The summed E-state index contributed by atoms with van der Waals surface area (Å²) in [6, 6.07) is 5.86. The highest BCUT2D eigenvalue weighted by atomic mass is 19.3. The second-order valence-electron chi connectivity index (χ2n) is 8.83. The number of rotatable bonds is 3. The molecule has 0 aliphatic carbocycles. The Morgan fingerprint density at radius 1 is 1.11 bits per heavy atom. The summed E-state index contributed by atoms with van der Waals surface area (Å²) in [5, 5.41) is 4.54. The van der Waals surface area contributed by atoms with E-state index in [2.05, 4.69) is 10.1 Å². The van der Waals surface area contributed by atoms with E-state index in [0.717, 1.165) is 12.1 Å². The zero-order valence-electron chi connectivity index (χ0n) is 18.4. The van der Waals surface area contributed by atoms with Crippen molar-refractivity contribution in [2.24, 2.45) is 7.05 Å². The van der Waals surface area contributed by atoms with Crippen LogP contribution in [-0.2, 0) is 13.5 Å². The lowest BCUT2D eigenvalue weighted by atomic mass is 9.94. The van der Waals surface area contributed by atoms with Crippen LogP contribution in [0.1, 0.15) is 52.7 Å². The van der Waals surface area contributed by atoms with E-state index in [1.165, 1.54) is 15.3 Å². The maximum atomic E-state index is 14.0. The SMILES string of the molecule is Cn1nc2c(c1-c1cc(F)c(F)c(F)c1)CC1CCC2N1C(=O)c1c(C(F)F)nc2ccccn12. The topological polar surface area (TPSA) is 55.4 Å². The van der Waals surface area contributed by atoms with E-state index in [1.807, 2.05) is 0 Å². The van der Waals surface area contributed by atoms with Crippen molar-refractivity contribution in [1.82, 2.24) is 24.1 Å². The van der Waals surface area contributed by atoms with E-state index in [9.17, 15) is 26.7 Å². The second kappa shape index (κ2) is 7.62. The number of benzene rings is 1. The van der Waals surface area contributed by atoms with Gasteiger partial charge in [0.05, 0.1) is 17.4 Å². The van der Waals surface area contributed by atoms with Gasteiger partial charge in [-0.1, -0.05) is 6.07 Å². The number of amides is 1. The van der Waals surface area contributed by atoms with Crippen molar-refractivity contribution in [3.8, 4) is 11.3 Å². The Labute approximate surface area is 195 Å². The lowest BCUT2D eigenvalue weighted by Crippen LogP contribution is -2.42. The largest absolute Gasteiger partial charge is 0.325 e. The molecule has 2 bridgehead atoms. The molecular formula is C24H18F5N5O. The van der Waals surface area contributed by atoms with E-state index in [1.54, 1.807) is 30.1 Å². The molecule has 1 fully saturated rings. The van der Waals surface area contributed by atoms with Gasteiger partial charge in [0.1, 0.15) is 17.0 Å². The van der Waals surface area contributed by atoms with E-state index < -0.39 is 41.5 Å². The number of aromatic nitrogens is 4. The number of halogens is 5. The van der Waals surface area contributed by atoms with Crippen LogP contribution in [-0.4, -0.2) is 36.0 Å². The van der Waals surface area contributed by atoms with Crippen molar-refractivity contribution in [3.63, 3.8) is 0 Å². The minimum atomic E-state index is -2.93. The number of nitrogens with zero attached hydrogens (tertiary/aromatic N) is 5. The van der Waals surface area contributed by atoms with Crippen molar-refractivity contribution < 1.29 is 26.7 Å². The Morgan fingerprint density at radius 2 is 1.86 bits per heavy atom. The van der Waals surface area contributed by atoms with Gasteiger partial charge in [-0.05, 0) is 43.5 Å². The van der Waals surface area contributed by atoms with Gasteiger partial charge in [0.2, 0.25) is 0 Å². The molecule has 0 radical (unpaired) electrons. The summed E-state index contributed by atoms with van der Waals surface area (Å²) in [5.41, 5.74) is 1.31. The molecule has 2 unspecified atom stereocenters. The number of pyridine rings is 1. The first-order chi connectivity index (χ1) is 16.8. The minimum Gasteiger partial charge on any atom is -0.325 e. The first-order valence-electron chi connectivity index (χ1n) is 11.0. The zero-order valence-corrected chi connectivity index (χ0v) is 18.4. The summed E-state index contributed by atoms with van der Waals surface area (Å²) < 4.78 is 71.9. The molecule has 2 aliphatic rings. The van der Waals surface area contributed by atoms with Crippen LogP contribution >= 0.6 is 0 Å². The summed E-state index contributed by atoms with van der Waals surface area (Å²) in [4.78, 5) is 19.3. The highest BCUT2D eigenvalue weighted by molar-refractivity contribution is 5.96. The van der Waals surface area contributed by atoms with Crippen LogP contribution in [0, 0.1) is 17.5 Å². The summed E-state index contributed by atoms with van der Waals surface area (Å²) in [7, 11) is 1.60. The number of alkyl halides is 2. The Kier molecular flexibility index (Phi) is 4.74. The van der Waals surface area contributed by atoms with Crippen LogP contribution in [0.3, 0.4) is 0 Å². The van der Waals surface area contributed by atoms with Gasteiger partial charge in [0.15, 0.2) is 17.5 Å². The number of hydrogen-bond donors (Lipinski definition) is 0. The molecule has 4 aromatic rings. The molecule has 180 valence electrons. The molecule has 3 aromatic heterocycles. The molecular weight excluding hydrogens is 469 g/mol. The normalized spacial score (nSPS) is 19.1. The fourth-order valence-electron chi connectivity index (χ4n) is 5.51. The van der Waals surface area contributed by atoms with E-state index >= 15 is 0 Å². The monoisotopic (exact) mass is 487 g/mol. The molecule has 6 nitrogen and oxygen atoms in total. The van der Waals surface area contributed by atoms with E-state index in [0.29, 0.717) is 36.2 Å². The Hall–Kier alpha value is -3.76. The number of fused-ring (bicyclic) bond motifs is 5. The smallest absolute Gasteiger partial charge is 0.282 e. The third-order valence-electron chi connectivity index (χ3n) is 6.89. The highest BCUT2D eigenvalue weighted by Crippen LogP contribution is 2.47. The summed E-state index contributed by atoms with van der Waals surface area (Å²) >= 11 is 0. The van der Waals surface area contributed by atoms with Gasteiger partial charge in [0.25, 0.3) is 12.3 Å². The molecule has 6 rings (SSSR count). The highest BCUT2D eigenvalue weighted by Gasteiger charge is 2.47. The van der Waals surface area contributed by atoms with Gasteiger partial charge in [-0.15, -0.1) is 0 Å². The molecule has 0 saturated carbocycles. The lowest BCUT2D eigenvalue weighted by Gasteiger charge is -2.34. The van der Waals surface area contributed by atoms with E-state index in [4.69, 9.17) is 0 Å². The Morgan fingerprint density at radius 3 is 2.57 bits per heavy atom. The Balaban J connectivity index is 1.45. The van der Waals surface area contributed by atoms with Crippen LogP contribution in [0.2, 0.25) is 0 Å². The van der Waals surface area contributed by atoms with Crippen LogP contribution in [0.25, 0.3) is 16.9 Å². The lowest BCUT2D eigenvalue weighted by molar-refractivity contribution is 0.0622. The molecule has 2 atom stereocenters. The van der Waals surface area contributed by atoms with Crippen molar-refractivity contribution in [3.05, 3.63) is 76.6 Å². The first kappa shape index (κ1) is 21.8. The minimum absolute atomic E-state index is 0.138. The third kappa shape index (κ3) is 3.10. The number of hydrogen-bond acceptors (Lipinski definition) is 3. The molecule has 2 aliphatic heterocycles. The molecule has 0 N–H and O–H groups in total. The van der Waals surface area contributed by atoms with Gasteiger partial charge in [0, 0.05) is 30.4 Å². The maximum absolute atomic E-state index is 14.0. The predicted molar refractivity (Wildman–Crippen MR) is 114 cm³/mol. The summed E-state index contributed by atoms with van der Waals surface area (Å²) in [6.45, 7) is 0. The molecule has 1 aromatic carbocycles. The average Bonchev–Trinajstić information content (AvgIpc) is 3.48. The fraction of sp³-hybridized carbons (Fsp3) is 0.292. The van der Waals surface area contributed by atoms with Gasteiger partial charge < -0.3 is 4.90 Å². The van der Waals surface area contributed by atoms with Gasteiger partial charge in [-0.3, -0.25) is 13.9 Å². The van der Waals surface area contributed by atoms with Gasteiger partial charge >= 0.3 is 0 Å². The summed E-state index contributed by atoms with van der Waals surface area (Å²) in [6.07, 6.45) is 0.0870.